The first-order chi connectivity index (χ1) is 8.08. The first kappa shape index (κ1) is 13.3. The number of ether oxygens (including phenoxy) is 1. The van der Waals surface area contributed by atoms with Crippen LogP contribution in [-0.4, -0.2) is 25.0 Å². The molecule has 0 aliphatic rings. The van der Waals surface area contributed by atoms with Gasteiger partial charge in [-0.1, -0.05) is 11.6 Å². The number of nitriles is 1. The number of amides is 1. The molecular weight excluding hydrogens is 240 g/mol. The summed E-state index contributed by atoms with van der Waals surface area (Å²) in [4.78, 5) is 12.9. The van der Waals surface area contributed by atoms with E-state index in [0.717, 1.165) is 5.56 Å². The second-order valence-electron chi connectivity index (χ2n) is 3.54. The van der Waals surface area contributed by atoms with Crippen LogP contribution in [0.4, 0.5) is 0 Å². The molecule has 0 unspecified atom stereocenters. The van der Waals surface area contributed by atoms with Crippen LogP contribution in [0.1, 0.15) is 12.0 Å². The molecule has 0 aromatic heterocycles. The van der Waals surface area contributed by atoms with Crippen molar-refractivity contribution in [2.75, 3.05) is 14.2 Å². The number of benzene rings is 1. The van der Waals surface area contributed by atoms with Gasteiger partial charge in [0.2, 0.25) is 5.91 Å². The lowest BCUT2D eigenvalue weighted by Gasteiger charge is -2.17. The average Bonchev–Trinajstić information content (AvgIpc) is 2.29. The van der Waals surface area contributed by atoms with Crippen LogP contribution in [0.5, 0.6) is 5.75 Å². The van der Waals surface area contributed by atoms with Gasteiger partial charge in [-0.05, 0) is 18.2 Å². The second-order valence-corrected chi connectivity index (χ2v) is 3.98. The molecule has 0 N–H and O–H groups in total. The zero-order valence-corrected chi connectivity index (χ0v) is 10.5. The van der Waals surface area contributed by atoms with Crippen LogP contribution in [0.3, 0.4) is 0 Å². The van der Waals surface area contributed by atoms with Crippen molar-refractivity contribution in [1.82, 2.24) is 4.90 Å². The summed E-state index contributed by atoms with van der Waals surface area (Å²) in [7, 11) is 3.20. The van der Waals surface area contributed by atoms with E-state index in [4.69, 9.17) is 21.6 Å². The first-order valence-corrected chi connectivity index (χ1v) is 5.39. The quantitative estimate of drug-likeness (QED) is 0.826. The predicted octanol–water partition coefficient (Wildman–Crippen LogP) is 2.22. The number of rotatable bonds is 4. The maximum atomic E-state index is 11.5. The fourth-order valence-electron chi connectivity index (χ4n) is 1.42. The standard InChI is InChI=1S/C12H13ClN2O2/c1-15(12(16)5-6-14)8-9-7-10(13)3-4-11(9)17-2/h3-4,7H,5,8H2,1-2H3. The molecule has 0 aliphatic carbocycles. The largest absolute Gasteiger partial charge is 0.496 e. The van der Waals surface area contributed by atoms with E-state index in [1.54, 1.807) is 32.4 Å². The molecule has 4 nitrogen and oxygen atoms in total. The van der Waals surface area contributed by atoms with Crippen molar-refractivity contribution in [2.24, 2.45) is 0 Å². The normalized spacial score (nSPS) is 9.53. The van der Waals surface area contributed by atoms with Crippen molar-refractivity contribution >= 4 is 17.5 Å². The number of nitrogens with zero attached hydrogens (tertiary/aromatic N) is 2. The summed E-state index contributed by atoms with van der Waals surface area (Å²) in [6.07, 6.45) is -0.126. The van der Waals surface area contributed by atoms with Gasteiger partial charge in [0.1, 0.15) is 12.2 Å². The topological polar surface area (TPSA) is 53.3 Å². The van der Waals surface area contributed by atoms with Crippen LogP contribution in [-0.2, 0) is 11.3 Å². The third kappa shape index (κ3) is 3.65. The van der Waals surface area contributed by atoms with Crippen molar-refractivity contribution in [3.8, 4) is 11.8 Å². The minimum absolute atomic E-state index is 0.126. The Morgan fingerprint density at radius 2 is 2.29 bits per heavy atom. The summed E-state index contributed by atoms with van der Waals surface area (Å²) >= 11 is 5.89. The number of carbonyl (C=O) groups is 1. The number of methoxy groups -OCH3 is 1. The van der Waals surface area contributed by atoms with Gasteiger partial charge in [-0.25, -0.2) is 0 Å². The molecular formula is C12H13ClN2O2. The summed E-state index contributed by atoms with van der Waals surface area (Å²) in [5, 5.41) is 9.04. The monoisotopic (exact) mass is 252 g/mol. The molecule has 1 rings (SSSR count). The third-order valence-electron chi connectivity index (χ3n) is 2.31. The summed E-state index contributed by atoms with van der Waals surface area (Å²) in [5.74, 6) is 0.445. The fraction of sp³-hybridized carbons (Fsp3) is 0.333. The molecule has 0 atom stereocenters. The lowest BCUT2D eigenvalue weighted by molar-refractivity contribution is -0.129. The van der Waals surface area contributed by atoms with Gasteiger partial charge in [0.15, 0.2) is 0 Å². The summed E-state index contributed by atoms with van der Waals surface area (Å²) < 4.78 is 5.18. The van der Waals surface area contributed by atoms with Gasteiger partial charge in [0.25, 0.3) is 0 Å². The Morgan fingerprint density at radius 1 is 1.59 bits per heavy atom. The van der Waals surface area contributed by atoms with Crippen molar-refractivity contribution in [2.45, 2.75) is 13.0 Å². The highest BCUT2D eigenvalue weighted by Crippen LogP contribution is 2.23. The van der Waals surface area contributed by atoms with Gasteiger partial charge in [-0.15, -0.1) is 0 Å². The number of hydrogen-bond acceptors (Lipinski definition) is 3. The highest BCUT2D eigenvalue weighted by atomic mass is 35.5. The molecule has 0 radical (unpaired) electrons. The molecule has 1 aromatic rings. The minimum Gasteiger partial charge on any atom is -0.496 e. The van der Waals surface area contributed by atoms with Gasteiger partial charge in [0, 0.05) is 24.2 Å². The van der Waals surface area contributed by atoms with E-state index in [-0.39, 0.29) is 12.3 Å². The van der Waals surface area contributed by atoms with Crippen molar-refractivity contribution in [3.63, 3.8) is 0 Å². The molecule has 0 fully saturated rings. The van der Waals surface area contributed by atoms with E-state index in [2.05, 4.69) is 0 Å². The van der Waals surface area contributed by atoms with Crippen molar-refractivity contribution in [3.05, 3.63) is 28.8 Å². The Hall–Kier alpha value is -1.73. The van der Waals surface area contributed by atoms with E-state index in [9.17, 15) is 4.79 Å². The molecule has 0 spiro atoms. The van der Waals surface area contributed by atoms with Gasteiger partial charge in [0.05, 0.1) is 13.2 Å². The Bertz CT molecular complexity index is 454. The lowest BCUT2D eigenvalue weighted by Crippen LogP contribution is -2.25. The molecule has 90 valence electrons. The first-order valence-electron chi connectivity index (χ1n) is 5.01. The van der Waals surface area contributed by atoms with E-state index in [1.807, 2.05) is 6.07 Å². The number of carbonyl (C=O) groups excluding carboxylic acids is 1. The number of halogens is 1. The summed E-state index contributed by atoms with van der Waals surface area (Å²) in [6.45, 7) is 0.365. The van der Waals surface area contributed by atoms with Crippen LogP contribution in [0.25, 0.3) is 0 Å². The Kier molecular flexibility index (Phi) is 4.80. The maximum absolute atomic E-state index is 11.5. The van der Waals surface area contributed by atoms with E-state index < -0.39 is 0 Å². The van der Waals surface area contributed by atoms with Crippen LogP contribution in [0, 0.1) is 11.3 Å². The van der Waals surface area contributed by atoms with E-state index in [0.29, 0.717) is 17.3 Å². The molecule has 0 saturated carbocycles. The lowest BCUT2D eigenvalue weighted by atomic mass is 10.2. The fourth-order valence-corrected chi connectivity index (χ4v) is 1.61. The molecule has 5 heteroatoms. The van der Waals surface area contributed by atoms with Crippen LogP contribution < -0.4 is 4.74 Å². The molecule has 1 aromatic carbocycles. The smallest absolute Gasteiger partial charge is 0.236 e. The Morgan fingerprint density at radius 3 is 2.88 bits per heavy atom. The minimum atomic E-state index is -0.227. The van der Waals surface area contributed by atoms with Gasteiger partial charge < -0.3 is 9.64 Å². The van der Waals surface area contributed by atoms with Gasteiger partial charge in [-0.3, -0.25) is 4.79 Å². The van der Waals surface area contributed by atoms with E-state index in [1.165, 1.54) is 4.90 Å². The van der Waals surface area contributed by atoms with E-state index >= 15 is 0 Å². The van der Waals surface area contributed by atoms with Crippen molar-refractivity contribution < 1.29 is 9.53 Å². The zero-order valence-electron chi connectivity index (χ0n) is 9.74. The van der Waals surface area contributed by atoms with Crippen LogP contribution >= 0.6 is 11.6 Å². The summed E-state index contributed by atoms with van der Waals surface area (Å²) in [5.41, 5.74) is 0.814. The predicted molar refractivity (Wildman–Crippen MR) is 64.7 cm³/mol. The maximum Gasteiger partial charge on any atom is 0.236 e. The zero-order chi connectivity index (χ0) is 12.8. The Labute approximate surface area is 105 Å². The highest BCUT2D eigenvalue weighted by Gasteiger charge is 2.11. The van der Waals surface area contributed by atoms with Gasteiger partial charge in [-0.2, -0.15) is 5.26 Å². The molecule has 1 amide bonds. The molecule has 0 bridgehead atoms. The molecule has 0 aliphatic heterocycles. The van der Waals surface area contributed by atoms with Crippen LogP contribution in [0.15, 0.2) is 18.2 Å². The SMILES string of the molecule is COc1ccc(Cl)cc1CN(C)C(=O)CC#N. The molecule has 0 saturated heterocycles. The van der Waals surface area contributed by atoms with Crippen LogP contribution in [0.2, 0.25) is 5.02 Å². The average molecular weight is 253 g/mol. The third-order valence-corrected chi connectivity index (χ3v) is 2.54. The highest BCUT2D eigenvalue weighted by molar-refractivity contribution is 6.30. The van der Waals surface area contributed by atoms with Crippen molar-refractivity contribution in [1.29, 1.82) is 5.26 Å². The van der Waals surface area contributed by atoms with Gasteiger partial charge >= 0.3 is 0 Å². The Balaban J connectivity index is 2.84. The summed E-state index contributed by atoms with van der Waals surface area (Å²) in [6, 6.07) is 7.05. The molecule has 17 heavy (non-hydrogen) atoms. The molecule has 0 heterocycles. The second kappa shape index (κ2) is 6.12. The number of hydrogen-bond donors (Lipinski definition) is 0.